The highest BCUT2D eigenvalue weighted by molar-refractivity contribution is 5.90. The second kappa shape index (κ2) is 5.97. The van der Waals surface area contributed by atoms with Crippen molar-refractivity contribution in [3.63, 3.8) is 0 Å². The average molecular weight is 254 g/mol. The predicted molar refractivity (Wildman–Crippen MR) is 63.2 cm³/mol. The summed E-state index contributed by atoms with van der Waals surface area (Å²) in [6, 6.07) is 0. The van der Waals surface area contributed by atoms with Crippen molar-refractivity contribution in [2.45, 2.75) is 25.6 Å². The standard InChI is InChI=1S/C12H18N2O4/c1-14-11(10(6-13-14)12(15)16-2)8-17-7-9-4-3-5-18-9/h6,9H,3-5,7-8H2,1-2H3/t9-/m0/s1. The number of nitrogens with zero attached hydrogens (tertiary/aromatic N) is 2. The molecule has 2 heterocycles. The van der Waals surface area contributed by atoms with Crippen LogP contribution in [0.15, 0.2) is 6.20 Å². The summed E-state index contributed by atoms with van der Waals surface area (Å²) in [4.78, 5) is 11.5. The molecule has 1 atom stereocenters. The molecule has 0 radical (unpaired) electrons. The van der Waals surface area contributed by atoms with Crippen LogP contribution in [-0.2, 0) is 27.9 Å². The first-order valence-corrected chi connectivity index (χ1v) is 6.01. The van der Waals surface area contributed by atoms with Gasteiger partial charge in [0.25, 0.3) is 0 Å². The van der Waals surface area contributed by atoms with Gasteiger partial charge < -0.3 is 14.2 Å². The van der Waals surface area contributed by atoms with Crippen LogP contribution in [0, 0.1) is 0 Å². The summed E-state index contributed by atoms with van der Waals surface area (Å²) >= 11 is 0. The fourth-order valence-corrected chi connectivity index (χ4v) is 1.98. The van der Waals surface area contributed by atoms with Crippen molar-refractivity contribution in [2.75, 3.05) is 20.3 Å². The second-order valence-corrected chi connectivity index (χ2v) is 4.27. The third-order valence-corrected chi connectivity index (χ3v) is 3.03. The lowest BCUT2D eigenvalue weighted by Crippen LogP contribution is -2.16. The zero-order valence-electron chi connectivity index (χ0n) is 10.7. The summed E-state index contributed by atoms with van der Waals surface area (Å²) in [6.07, 6.45) is 3.80. The Balaban J connectivity index is 1.91. The smallest absolute Gasteiger partial charge is 0.341 e. The van der Waals surface area contributed by atoms with Gasteiger partial charge in [-0.15, -0.1) is 0 Å². The molecule has 0 N–H and O–H groups in total. The molecule has 100 valence electrons. The van der Waals surface area contributed by atoms with Crippen LogP contribution in [0.3, 0.4) is 0 Å². The Morgan fingerprint density at radius 2 is 2.50 bits per heavy atom. The average Bonchev–Trinajstić information content (AvgIpc) is 3.00. The second-order valence-electron chi connectivity index (χ2n) is 4.27. The van der Waals surface area contributed by atoms with Gasteiger partial charge in [-0.3, -0.25) is 4.68 Å². The molecular weight excluding hydrogens is 236 g/mol. The Morgan fingerprint density at radius 1 is 1.67 bits per heavy atom. The molecule has 0 amide bonds. The van der Waals surface area contributed by atoms with Gasteiger partial charge in [-0.05, 0) is 12.8 Å². The maximum Gasteiger partial charge on any atom is 0.341 e. The van der Waals surface area contributed by atoms with E-state index in [1.807, 2.05) is 0 Å². The van der Waals surface area contributed by atoms with Crippen LogP contribution in [0.1, 0.15) is 28.9 Å². The number of aromatic nitrogens is 2. The van der Waals surface area contributed by atoms with Crippen LogP contribution in [-0.4, -0.2) is 42.2 Å². The molecule has 1 aromatic heterocycles. The van der Waals surface area contributed by atoms with E-state index in [0.717, 1.165) is 25.1 Å². The van der Waals surface area contributed by atoms with Gasteiger partial charge in [0.1, 0.15) is 5.56 Å². The summed E-state index contributed by atoms with van der Waals surface area (Å²) in [5.74, 6) is -0.390. The number of methoxy groups -OCH3 is 1. The molecule has 18 heavy (non-hydrogen) atoms. The van der Waals surface area contributed by atoms with E-state index in [1.54, 1.807) is 11.7 Å². The minimum atomic E-state index is -0.390. The van der Waals surface area contributed by atoms with Gasteiger partial charge in [-0.1, -0.05) is 0 Å². The number of carbonyl (C=O) groups is 1. The Hall–Kier alpha value is -1.40. The maximum absolute atomic E-state index is 11.5. The summed E-state index contributed by atoms with van der Waals surface area (Å²) < 4.78 is 17.4. The number of hydrogen-bond acceptors (Lipinski definition) is 5. The van der Waals surface area contributed by atoms with E-state index in [-0.39, 0.29) is 12.1 Å². The summed E-state index contributed by atoms with van der Waals surface area (Å²) in [5, 5.41) is 4.04. The van der Waals surface area contributed by atoms with E-state index in [9.17, 15) is 4.79 Å². The van der Waals surface area contributed by atoms with Crippen molar-refractivity contribution < 1.29 is 19.0 Å². The van der Waals surface area contributed by atoms with Crippen LogP contribution in [0.25, 0.3) is 0 Å². The summed E-state index contributed by atoms with van der Waals surface area (Å²) in [6.45, 7) is 1.69. The highest BCUT2D eigenvalue weighted by atomic mass is 16.5. The molecule has 1 fully saturated rings. The largest absolute Gasteiger partial charge is 0.465 e. The number of ether oxygens (including phenoxy) is 3. The molecule has 1 aliphatic rings. The van der Waals surface area contributed by atoms with Gasteiger partial charge >= 0.3 is 5.97 Å². The zero-order chi connectivity index (χ0) is 13.0. The SMILES string of the molecule is COC(=O)c1cnn(C)c1COC[C@@H]1CCCO1. The maximum atomic E-state index is 11.5. The van der Waals surface area contributed by atoms with Crippen LogP contribution >= 0.6 is 0 Å². The van der Waals surface area contributed by atoms with Crippen molar-refractivity contribution in [3.8, 4) is 0 Å². The molecule has 1 aromatic rings. The molecule has 0 unspecified atom stereocenters. The molecule has 6 heteroatoms. The fraction of sp³-hybridized carbons (Fsp3) is 0.667. The van der Waals surface area contributed by atoms with E-state index in [1.165, 1.54) is 13.3 Å². The Labute approximate surface area is 106 Å². The Kier molecular flexibility index (Phi) is 4.33. The van der Waals surface area contributed by atoms with Crippen molar-refractivity contribution in [1.29, 1.82) is 0 Å². The van der Waals surface area contributed by atoms with E-state index in [4.69, 9.17) is 14.2 Å². The lowest BCUT2D eigenvalue weighted by molar-refractivity contribution is 0.00843. The first kappa shape index (κ1) is 13.0. The molecule has 0 bridgehead atoms. The number of rotatable bonds is 5. The van der Waals surface area contributed by atoms with Crippen molar-refractivity contribution >= 4 is 5.97 Å². The fourth-order valence-electron chi connectivity index (χ4n) is 1.98. The monoisotopic (exact) mass is 254 g/mol. The molecule has 0 spiro atoms. The summed E-state index contributed by atoms with van der Waals surface area (Å²) in [5.41, 5.74) is 1.17. The van der Waals surface area contributed by atoms with Crippen molar-refractivity contribution in [3.05, 3.63) is 17.5 Å². The third kappa shape index (κ3) is 2.88. The quantitative estimate of drug-likeness (QED) is 0.731. The van der Waals surface area contributed by atoms with E-state index >= 15 is 0 Å². The van der Waals surface area contributed by atoms with Gasteiger partial charge in [0.15, 0.2) is 0 Å². The van der Waals surface area contributed by atoms with Crippen molar-refractivity contribution in [2.24, 2.45) is 7.05 Å². The van der Waals surface area contributed by atoms with Crippen molar-refractivity contribution in [1.82, 2.24) is 9.78 Å². The normalized spacial score (nSPS) is 19.1. The highest BCUT2D eigenvalue weighted by Crippen LogP contribution is 2.14. The van der Waals surface area contributed by atoms with Crippen LogP contribution in [0.2, 0.25) is 0 Å². The molecular formula is C12H18N2O4. The molecule has 1 saturated heterocycles. The van der Waals surface area contributed by atoms with Gasteiger partial charge in [0.05, 0.1) is 38.3 Å². The topological polar surface area (TPSA) is 62.6 Å². The lowest BCUT2D eigenvalue weighted by Gasteiger charge is -2.11. The molecule has 6 nitrogen and oxygen atoms in total. The highest BCUT2D eigenvalue weighted by Gasteiger charge is 2.19. The number of hydrogen-bond donors (Lipinski definition) is 0. The molecule has 1 aliphatic heterocycles. The first-order valence-electron chi connectivity index (χ1n) is 6.01. The van der Waals surface area contributed by atoms with E-state index in [2.05, 4.69) is 5.10 Å². The molecule has 0 saturated carbocycles. The molecule has 2 rings (SSSR count). The van der Waals surface area contributed by atoms with Gasteiger partial charge in [0.2, 0.25) is 0 Å². The third-order valence-electron chi connectivity index (χ3n) is 3.03. The minimum Gasteiger partial charge on any atom is -0.465 e. The van der Waals surface area contributed by atoms with Gasteiger partial charge in [-0.2, -0.15) is 5.10 Å². The first-order chi connectivity index (χ1) is 8.72. The van der Waals surface area contributed by atoms with Crippen LogP contribution < -0.4 is 0 Å². The Bertz CT molecular complexity index is 410. The van der Waals surface area contributed by atoms with Gasteiger partial charge in [0, 0.05) is 13.7 Å². The van der Waals surface area contributed by atoms with E-state index < -0.39 is 0 Å². The number of carbonyl (C=O) groups excluding carboxylic acids is 1. The predicted octanol–water partition coefficient (Wildman–Crippen LogP) is 0.902. The van der Waals surface area contributed by atoms with E-state index in [0.29, 0.717) is 18.8 Å². The van der Waals surface area contributed by atoms with Gasteiger partial charge in [-0.25, -0.2) is 4.79 Å². The molecule has 0 aromatic carbocycles. The zero-order valence-corrected chi connectivity index (χ0v) is 10.7. The Morgan fingerprint density at radius 3 is 3.17 bits per heavy atom. The van der Waals surface area contributed by atoms with Crippen LogP contribution in [0.5, 0.6) is 0 Å². The molecule has 0 aliphatic carbocycles. The van der Waals surface area contributed by atoms with Crippen LogP contribution in [0.4, 0.5) is 0 Å². The number of aryl methyl sites for hydroxylation is 1. The minimum absolute atomic E-state index is 0.180. The lowest BCUT2D eigenvalue weighted by atomic mass is 10.2. The summed E-state index contributed by atoms with van der Waals surface area (Å²) in [7, 11) is 3.13. The number of esters is 1.